The summed E-state index contributed by atoms with van der Waals surface area (Å²) in [5, 5.41) is 4.58. The highest BCUT2D eigenvalue weighted by atomic mass is 16.5. The van der Waals surface area contributed by atoms with E-state index in [9.17, 15) is 4.79 Å². The molecule has 0 bridgehead atoms. The predicted octanol–water partition coefficient (Wildman–Crippen LogP) is 2.47. The Labute approximate surface area is 154 Å². The number of carbonyl (C=O) groups is 1. The molecular weight excluding hydrogens is 326 g/mol. The molecule has 2 aromatic rings. The predicted molar refractivity (Wildman–Crippen MR) is 101 cm³/mol. The van der Waals surface area contributed by atoms with Crippen LogP contribution in [-0.4, -0.2) is 53.7 Å². The topological polar surface area (TPSA) is 57.4 Å². The van der Waals surface area contributed by atoms with E-state index in [0.717, 1.165) is 38.1 Å². The van der Waals surface area contributed by atoms with Crippen molar-refractivity contribution in [2.24, 2.45) is 5.92 Å². The molecular formula is C21H27N3O2. The van der Waals surface area contributed by atoms with Gasteiger partial charge in [0, 0.05) is 36.0 Å². The second-order valence-electron chi connectivity index (χ2n) is 7.97. The summed E-state index contributed by atoms with van der Waals surface area (Å²) in [6.45, 7) is 3.15. The summed E-state index contributed by atoms with van der Waals surface area (Å²) in [5.74, 6) is 0.687. The molecule has 5 rings (SSSR count). The Balaban J connectivity index is 1.22. The zero-order valence-electron chi connectivity index (χ0n) is 15.1. The van der Waals surface area contributed by atoms with Gasteiger partial charge >= 0.3 is 0 Å². The minimum atomic E-state index is 0.176. The fourth-order valence-corrected chi connectivity index (χ4v) is 5.19. The number of likely N-dealkylation sites (tertiary alicyclic amines) is 1. The molecule has 3 heterocycles. The molecule has 5 nitrogen and oxygen atoms in total. The number of ether oxygens (including phenoxy) is 1. The smallest absolute Gasteiger partial charge is 0.220 e. The summed E-state index contributed by atoms with van der Waals surface area (Å²) in [5.41, 5.74) is 2.37. The van der Waals surface area contributed by atoms with Gasteiger partial charge in [-0.3, -0.25) is 9.69 Å². The zero-order valence-corrected chi connectivity index (χ0v) is 15.1. The van der Waals surface area contributed by atoms with E-state index in [4.69, 9.17) is 4.74 Å². The third-order valence-electron chi connectivity index (χ3n) is 6.54. The van der Waals surface area contributed by atoms with Gasteiger partial charge in [-0.05, 0) is 50.4 Å². The number of para-hydroxylation sites is 1. The van der Waals surface area contributed by atoms with Crippen molar-refractivity contribution in [2.45, 2.75) is 50.3 Å². The van der Waals surface area contributed by atoms with Crippen LogP contribution in [-0.2, 0) is 16.0 Å². The average Bonchev–Trinajstić information content (AvgIpc) is 3.39. The second-order valence-corrected chi connectivity index (χ2v) is 7.97. The molecule has 1 aromatic carbocycles. The molecule has 26 heavy (non-hydrogen) atoms. The number of hydrogen-bond acceptors (Lipinski definition) is 3. The van der Waals surface area contributed by atoms with Crippen LogP contribution in [0.15, 0.2) is 30.5 Å². The first-order chi connectivity index (χ1) is 12.8. The van der Waals surface area contributed by atoms with Crippen molar-refractivity contribution in [2.75, 3.05) is 19.7 Å². The summed E-state index contributed by atoms with van der Waals surface area (Å²) >= 11 is 0. The Morgan fingerprint density at radius 1 is 1.27 bits per heavy atom. The molecule has 0 unspecified atom stereocenters. The fourth-order valence-electron chi connectivity index (χ4n) is 5.19. The minimum Gasteiger partial charge on any atom is -0.376 e. The number of H-pyrrole nitrogens is 1. The van der Waals surface area contributed by atoms with Gasteiger partial charge in [-0.25, -0.2) is 0 Å². The third-order valence-corrected chi connectivity index (χ3v) is 6.54. The van der Waals surface area contributed by atoms with E-state index >= 15 is 0 Å². The summed E-state index contributed by atoms with van der Waals surface area (Å²) < 4.78 is 5.96. The van der Waals surface area contributed by atoms with E-state index in [1.807, 2.05) is 12.3 Å². The quantitative estimate of drug-likeness (QED) is 0.868. The van der Waals surface area contributed by atoms with E-state index in [1.165, 1.54) is 23.8 Å². The minimum absolute atomic E-state index is 0.176. The lowest BCUT2D eigenvalue weighted by atomic mass is 9.70. The second kappa shape index (κ2) is 6.71. The number of rotatable bonds is 5. The Morgan fingerprint density at radius 2 is 2.12 bits per heavy atom. The largest absolute Gasteiger partial charge is 0.376 e. The molecule has 1 aliphatic carbocycles. The maximum absolute atomic E-state index is 12.6. The summed E-state index contributed by atoms with van der Waals surface area (Å²) in [4.78, 5) is 18.5. The Bertz CT molecular complexity index is 791. The number of hydrogen-bond donors (Lipinski definition) is 2. The number of nitrogens with zero attached hydrogens (tertiary/aromatic N) is 1. The van der Waals surface area contributed by atoms with Crippen molar-refractivity contribution in [3.63, 3.8) is 0 Å². The molecule has 3 aliphatic rings. The molecule has 2 aliphatic heterocycles. The van der Waals surface area contributed by atoms with Crippen LogP contribution in [0.3, 0.4) is 0 Å². The SMILES string of the molecule is O=C(CCc1c[nH]c2ccccc12)N[C@H]1[C@H]2CCO[C@H]2[C@@H]1N1CCCC1. The molecule has 138 valence electrons. The van der Waals surface area contributed by atoms with Gasteiger partial charge in [0.2, 0.25) is 5.91 Å². The molecule has 2 saturated heterocycles. The van der Waals surface area contributed by atoms with Gasteiger partial charge in [0.25, 0.3) is 0 Å². The number of aryl methyl sites for hydroxylation is 1. The molecule has 1 aromatic heterocycles. The van der Waals surface area contributed by atoms with Gasteiger partial charge in [-0.15, -0.1) is 0 Å². The van der Waals surface area contributed by atoms with Crippen LogP contribution >= 0.6 is 0 Å². The molecule has 1 amide bonds. The first-order valence-electron chi connectivity index (χ1n) is 10.0. The number of carbonyl (C=O) groups excluding carboxylic acids is 1. The maximum atomic E-state index is 12.6. The van der Waals surface area contributed by atoms with Crippen LogP contribution in [0.25, 0.3) is 10.9 Å². The van der Waals surface area contributed by atoms with Crippen LogP contribution in [0.4, 0.5) is 0 Å². The Morgan fingerprint density at radius 3 is 3.00 bits per heavy atom. The van der Waals surface area contributed by atoms with Gasteiger partial charge in [0.15, 0.2) is 0 Å². The highest BCUT2D eigenvalue weighted by molar-refractivity contribution is 5.84. The first-order valence-corrected chi connectivity index (χ1v) is 10.0. The van der Waals surface area contributed by atoms with Crippen LogP contribution < -0.4 is 5.32 Å². The molecule has 0 spiro atoms. The van der Waals surface area contributed by atoms with E-state index in [0.29, 0.717) is 24.5 Å². The standard InChI is InChI=1S/C21H27N3O2/c25-18(8-7-14-13-22-17-6-2-1-5-15(14)17)23-19-16-9-12-26-21(16)20(19)24-10-3-4-11-24/h1-2,5-6,13,16,19-22H,3-4,7-12H2,(H,23,25)/t16-,19+,20-,21-/m1/s1. The van der Waals surface area contributed by atoms with Crippen molar-refractivity contribution in [1.82, 2.24) is 15.2 Å². The molecule has 2 N–H and O–H groups in total. The molecule has 1 saturated carbocycles. The van der Waals surface area contributed by atoms with Crippen molar-refractivity contribution in [3.05, 3.63) is 36.0 Å². The summed E-state index contributed by atoms with van der Waals surface area (Å²) in [6.07, 6.45) is 7.33. The van der Waals surface area contributed by atoms with E-state index in [-0.39, 0.29) is 11.9 Å². The van der Waals surface area contributed by atoms with Crippen LogP contribution in [0.1, 0.15) is 31.2 Å². The number of benzene rings is 1. The van der Waals surface area contributed by atoms with Crippen molar-refractivity contribution >= 4 is 16.8 Å². The monoisotopic (exact) mass is 353 g/mol. The molecule has 4 atom stereocenters. The van der Waals surface area contributed by atoms with Crippen molar-refractivity contribution in [1.29, 1.82) is 0 Å². The highest BCUT2D eigenvalue weighted by Crippen LogP contribution is 2.42. The van der Waals surface area contributed by atoms with E-state index in [2.05, 4.69) is 33.4 Å². The number of nitrogens with one attached hydrogen (secondary N) is 2. The van der Waals surface area contributed by atoms with Crippen LogP contribution in [0.2, 0.25) is 0 Å². The normalized spacial score (nSPS) is 31.1. The third kappa shape index (κ3) is 2.74. The Hall–Kier alpha value is -1.85. The number of aromatic nitrogens is 1. The van der Waals surface area contributed by atoms with Gasteiger partial charge < -0.3 is 15.0 Å². The van der Waals surface area contributed by atoms with Crippen molar-refractivity contribution in [3.8, 4) is 0 Å². The molecule has 0 radical (unpaired) electrons. The molecule has 5 heteroatoms. The lowest BCUT2D eigenvalue weighted by Gasteiger charge is -2.51. The lowest BCUT2D eigenvalue weighted by Crippen LogP contribution is -2.70. The summed E-state index contributed by atoms with van der Waals surface area (Å²) in [6, 6.07) is 8.95. The number of aromatic amines is 1. The van der Waals surface area contributed by atoms with Crippen molar-refractivity contribution < 1.29 is 9.53 Å². The Kier molecular flexibility index (Phi) is 4.21. The van der Waals surface area contributed by atoms with Crippen LogP contribution in [0, 0.1) is 5.92 Å². The average molecular weight is 353 g/mol. The van der Waals surface area contributed by atoms with E-state index < -0.39 is 0 Å². The zero-order chi connectivity index (χ0) is 17.5. The van der Waals surface area contributed by atoms with Gasteiger partial charge in [-0.2, -0.15) is 0 Å². The summed E-state index contributed by atoms with van der Waals surface area (Å²) in [7, 11) is 0. The molecule has 3 fully saturated rings. The fraction of sp³-hybridized carbons (Fsp3) is 0.571. The first kappa shape index (κ1) is 16.3. The number of amides is 1. The van der Waals surface area contributed by atoms with E-state index in [1.54, 1.807) is 0 Å². The number of fused-ring (bicyclic) bond motifs is 2. The lowest BCUT2D eigenvalue weighted by molar-refractivity contribution is -0.128. The van der Waals surface area contributed by atoms with Gasteiger partial charge in [0.05, 0.1) is 18.2 Å². The van der Waals surface area contributed by atoms with Gasteiger partial charge in [-0.1, -0.05) is 18.2 Å². The van der Waals surface area contributed by atoms with Crippen LogP contribution in [0.5, 0.6) is 0 Å². The van der Waals surface area contributed by atoms with Gasteiger partial charge in [0.1, 0.15) is 0 Å². The maximum Gasteiger partial charge on any atom is 0.220 e. The highest BCUT2D eigenvalue weighted by Gasteiger charge is 2.56.